The zero-order valence-corrected chi connectivity index (χ0v) is 17.6. The number of anilines is 1. The van der Waals surface area contributed by atoms with E-state index < -0.39 is 17.7 Å². The molecule has 4 heterocycles. The SMILES string of the molecule is Cc1cccn2c(C)c(C(O)=C3C(=O)C(=O)N(c4nccs4)C3c3ccccc3)nc12. The van der Waals surface area contributed by atoms with Crippen molar-refractivity contribution < 1.29 is 14.7 Å². The van der Waals surface area contributed by atoms with Crippen molar-refractivity contribution in [2.45, 2.75) is 19.9 Å². The van der Waals surface area contributed by atoms with Gasteiger partial charge in [-0.25, -0.2) is 9.97 Å². The number of carbonyl (C=O) groups is 2. The fourth-order valence-corrected chi connectivity index (χ4v) is 4.66. The number of benzene rings is 1. The van der Waals surface area contributed by atoms with Gasteiger partial charge in [-0.1, -0.05) is 36.4 Å². The van der Waals surface area contributed by atoms with Gasteiger partial charge in [-0.2, -0.15) is 0 Å². The van der Waals surface area contributed by atoms with Crippen LogP contribution in [-0.2, 0) is 9.59 Å². The van der Waals surface area contributed by atoms with Crippen molar-refractivity contribution in [3.8, 4) is 0 Å². The maximum Gasteiger partial charge on any atom is 0.301 e. The Labute approximate surface area is 181 Å². The highest BCUT2D eigenvalue weighted by Gasteiger charge is 2.48. The molecule has 5 rings (SSSR count). The van der Waals surface area contributed by atoms with Crippen molar-refractivity contribution in [2.24, 2.45) is 0 Å². The van der Waals surface area contributed by atoms with Crippen LogP contribution in [0.5, 0.6) is 0 Å². The molecule has 1 unspecified atom stereocenters. The summed E-state index contributed by atoms with van der Waals surface area (Å²) >= 11 is 1.26. The molecular formula is C23H18N4O3S. The third kappa shape index (κ3) is 2.87. The van der Waals surface area contributed by atoms with Crippen LogP contribution >= 0.6 is 11.3 Å². The fraction of sp³-hybridized carbons (Fsp3) is 0.130. The first-order valence-corrected chi connectivity index (χ1v) is 10.6. The number of carbonyl (C=O) groups excluding carboxylic acids is 2. The molecule has 0 saturated carbocycles. The number of thiazole rings is 1. The summed E-state index contributed by atoms with van der Waals surface area (Å²) < 4.78 is 1.86. The number of imidazole rings is 1. The molecule has 1 amide bonds. The molecule has 1 N–H and O–H groups in total. The molecule has 31 heavy (non-hydrogen) atoms. The Balaban J connectivity index is 1.77. The molecule has 3 aromatic heterocycles. The van der Waals surface area contributed by atoms with E-state index in [0.717, 1.165) is 5.56 Å². The second kappa shape index (κ2) is 7.17. The highest BCUT2D eigenvalue weighted by atomic mass is 32.1. The predicted octanol–water partition coefficient (Wildman–Crippen LogP) is 4.03. The molecule has 1 saturated heterocycles. The van der Waals surface area contributed by atoms with E-state index in [1.807, 2.05) is 66.9 Å². The monoisotopic (exact) mass is 430 g/mol. The van der Waals surface area contributed by atoms with Crippen LogP contribution in [0, 0.1) is 13.8 Å². The molecule has 154 valence electrons. The van der Waals surface area contributed by atoms with Gasteiger partial charge < -0.3 is 9.51 Å². The van der Waals surface area contributed by atoms with Gasteiger partial charge in [-0.3, -0.25) is 14.5 Å². The zero-order valence-electron chi connectivity index (χ0n) is 16.8. The molecule has 0 spiro atoms. The fourth-order valence-electron chi connectivity index (χ4n) is 3.99. The molecule has 0 radical (unpaired) electrons. The molecule has 1 fully saturated rings. The van der Waals surface area contributed by atoms with E-state index >= 15 is 0 Å². The quantitative estimate of drug-likeness (QED) is 0.301. The Bertz CT molecular complexity index is 1360. The van der Waals surface area contributed by atoms with Crippen molar-refractivity contribution in [1.29, 1.82) is 0 Å². The summed E-state index contributed by atoms with van der Waals surface area (Å²) in [7, 11) is 0. The van der Waals surface area contributed by atoms with E-state index in [4.69, 9.17) is 0 Å². The van der Waals surface area contributed by atoms with Crippen LogP contribution in [0.25, 0.3) is 11.4 Å². The van der Waals surface area contributed by atoms with E-state index in [9.17, 15) is 14.7 Å². The lowest BCUT2D eigenvalue weighted by atomic mass is 9.96. The van der Waals surface area contributed by atoms with E-state index in [0.29, 0.717) is 22.0 Å². The first-order chi connectivity index (χ1) is 15.0. The van der Waals surface area contributed by atoms with Crippen LogP contribution in [0.4, 0.5) is 5.13 Å². The average molecular weight is 430 g/mol. The Kier molecular flexibility index (Phi) is 4.44. The molecule has 0 aliphatic carbocycles. The third-order valence-electron chi connectivity index (χ3n) is 5.49. The van der Waals surface area contributed by atoms with Crippen molar-refractivity contribution in [1.82, 2.24) is 14.4 Å². The molecule has 1 aliphatic rings. The summed E-state index contributed by atoms with van der Waals surface area (Å²) in [4.78, 5) is 36.3. The topological polar surface area (TPSA) is 87.8 Å². The van der Waals surface area contributed by atoms with E-state index in [2.05, 4.69) is 9.97 Å². The number of Topliss-reactive ketones (excluding diaryl/α,β-unsaturated/α-hetero) is 1. The van der Waals surface area contributed by atoms with Gasteiger partial charge in [0.1, 0.15) is 11.3 Å². The number of fused-ring (bicyclic) bond motifs is 1. The third-order valence-corrected chi connectivity index (χ3v) is 6.26. The van der Waals surface area contributed by atoms with Crippen LogP contribution in [0.15, 0.2) is 65.8 Å². The summed E-state index contributed by atoms with van der Waals surface area (Å²) in [5.74, 6) is -1.76. The number of aliphatic hydroxyl groups excluding tert-OH is 1. The van der Waals surface area contributed by atoms with Crippen LogP contribution in [0.3, 0.4) is 0 Å². The van der Waals surface area contributed by atoms with Gasteiger partial charge in [0.15, 0.2) is 10.9 Å². The lowest BCUT2D eigenvalue weighted by Gasteiger charge is -2.22. The normalized spacial score (nSPS) is 18.3. The zero-order chi connectivity index (χ0) is 21.7. The van der Waals surface area contributed by atoms with Crippen LogP contribution in [0.1, 0.15) is 28.6 Å². The van der Waals surface area contributed by atoms with Crippen molar-refractivity contribution in [3.05, 3.63) is 88.3 Å². The summed E-state index contributed by atoms with van der Waals surface area (Å²) in [6.07, 6.45) is 3.43. The van der Waals surface area contributed by atoms with Crippen molar-refractivity contribution in [3.63, 3.8) is 0 Å². The highest BCUT2D eigenvalue weighted by molar-refractivity contribution is 7.14. The lowest BCUT2D eigenvalue weighted by Crippen LogP contribution is -2.29. The Morgan fingerprint density at radius 1 is 1.10 bits per heavy atom. The summed E-state index contributed by atoms with van der Waals surface area (Å²) in [5.41, 5.74) is 3.31. The number of ketones is 1. The maximum absolute atomic E-state index is 13.1. The second-order valence-electron chi connectivity index (χ2n) is 7.33. The molecule has 1 aromatic carbocycles. The molecule has 8 heteroatoms. The summed E-state index contributed by atoms with van der Waals surface area (Å²) in [6, 6.07) is 12.2. The van der Waals surface area contributed by atoms with Crippen LogP contribution in [0.2, 0.25) is 0 Å². The molecule has 0 bridgehead atoms. The van der Waals surface area contributed by atoms with E-state index in [1.54, 1.807) is 11.6 Å². The number of aromatic nitrogens is 3. The smallest absolute Gasteiger partial charge is 0.301 e. The number of hydrogen-bond donors (Lipinski definition) is 1. The van der Waals surface area contributed by atoms with Crippen LogP contribution < -0.4 is 4.90 Å². The average Bonchev–Trinajstić information content (AvgIpc) is 3.48. The Morgan fingerprint density at radius 3 is 2.55 bits per heavy atom. The summed E-state index contributed by atoms with van der Waals surface area (Å²) in [5, 5.41) is 13.5. The van der Waals surface area contributed by atoms with Crippen molar-refractivity contribution >= 4 is 39.6 Å². The van der Waals surface area contributed by atoms with Gasteiger partial charge in [0.2, 0.25) is 0 Å². The van der Waals surface area contributed by atoms with Gasteiger partial charge in [0, 0.05) is 17.8 Å². The van der Waals surface area contributed by atoms with Gasteiger partial charge in [-0.15, -0.1) is 11.3 Å². The number of aliphatic hydroxyl groups is 1. The highest BCUT2D eigenvalue weighted by Crippen LogP contribution is 2.42. The number of hydrogen-bond acceptors (Lipinski definition) is 6. The standard InChI is InChI=1S/C23H18N4O3S/c1-13-7-6-11-26-14(2)17(25-21(13)26)19(28)16-18(15-8-4-3-5-9-15)27(22(30)20(16)29)23-24-10-12-31-23/h3-12,18,28H,1-2H3. The molecule has 1 atom stereocenters. The Hall–Kier alpha value is -3.78. The molecule has 7 nitrogen and oxygen atoms in total. The van der Waals surface area contributed by atoms with E-state index in [-0.39, 0.29) is 17.0 Å². The minimum absolute atomic E-state index is 0.00978. The molecule has 1 aliphatic heterocycles. The number of nitrogens with zero attached hydrogens (tertiary/aromatic N) is 4. The van der Waals surface area contributed by atoms with Gasteiger partial charge >= 0.3 is 5.91 Å². The lowest BCUT2D eigenvalue weighted by molar-refractivity contribution is -0.132. The Morgan fingerprint density at radius 2 is 1.87 bits per heavy atom. The molecular weight excluding hydrogens is 412 g/mol. The largest absolute Gasteiger partial charge is 0.505 e. The van der Waals surface area contributed by atoms with Gasteiger partial charge in [0.05, 0.1) is 17.3 Å². The van der Waals surface area contributed by atoms with Gasteiger partial charge in [0.25, 0.3) is 5.78 Å². The van der Waals surface area contributed by atoms with Crippen LogP contribution in [-0.4, -0.2) is 31.2 Å². The predicted molar refractivity (Wildman–Crippen MR) is 118 cm³/mol. The first-order valence-electron chi connectivity index (χ1n) is 9.69. The minimum atomic E-state index is -0.794. The van der Waals surface area contributed by atoms with E-state index in [1.165, 1.54) is 16.2 Å². The van der Waals surface area contributed by atoms with Gasteiger partial charge in [-0.05, 0) is 31.0 Å². The molecule has 4 aromatic rings. The minimum Gasteiger partial charge on any atom is -0.505 e. The number of aryl methyl sites for hydroxylation is 2. The number of pyridine rings is 1. The second-order valence-corrected chi connectivity index (χ2v) is 8.20. The number of rotatable bonds is 3. The maximum atomic E-state index is 13.1. The van der Waals surface area contributed by atoms with Crippen molar-refractivity contribution in [2.75, 3.05) is 4.90 Å². The first kappa shape index (κ1) is 19.2. The summed E-state index contributed by atoms with van der Waals surface area (Å²) in [6.45, 7) is 3.75. The number of amides is 1.